The summed E-state index contributed by atoms with van der Waals surface area (Å²) >= 11 is 0. The molecular weight excluding hydrogens is 240 g/mol. The van der Waals surface area contributed by atoms with Crippen LogP contribution in [0.2, 0.25) is 0 Å². The second-order valence-corrected chi connectivity index (χ2v) is 4.43. The van der Waals surface area contributed by atoms with Crippen LogP contribution in [-0.4, -0.2) is 28.6 Å². The fraction of sp³-hybridized carbons (Fsp3) is 0.267. The summed E-state index contributed by atoms with van der Waals surface area (Å²) in [5.41, 5.74) is 2.06. The first kappa shape index (κ1) is 13.4. The Morgan fingerprint density at radius 2 is 2.26 bits per heavy atom. The molecular formula is C15H18N2O2. The summed E-state index contributed by atoms with van der Waals surface area (Å²) in [6.45, 7) is 2.48. The molecule has 0 fully saturated rings. The van der Waals surface area contributed by atoms with Crippen molar-refractivity contribution in [3.8, 4) is 0 Å². The van der Waals surface area contributed by atoms with Crippen molar-refractivity contribution >= 4 is 16.9 Å². The van der Waals surface area contributed by atoms with Crippen LogP contribution in [-0.2, 0) is 11.2 Å². The van der Waals surface area contributed by atoms with Gasteiger partial charge in [0.25, 0.3) is 0 Å². The summed E-state index contributed by atoms with van der Waals surface area (Å²) in [5, 5.41) is 13.4. The Hall–Kier alpha value is -2.07. The fourth-order valence-electron chi connectivity index (χ4n) is 2.10. The molecule has 0 saturated carbocycles. The number of aliphatic carboxylic acids is 1. The first-order chi connectivity index (χ1) is 9.22. The highest BCUT2D eigenvalue weighted by Crippen LogP contribution is 2.19. The van der Waals surface area contributed by atoms with Gasteiger partial charge in [-0.25, -0.2) is 0 Å². The number of carbonyl (C=O) groups is 1. The van der Waals surface area contributed by atoms with Crippen LogP contribution in [0.4, 0.5) is 0 Å². The number of para-hydroxylation sites is 1. The van der Waals surface area contributed by atoms with Crippen LogP contribution in [0.1, 0.15) is 12.5 Å². The molecule has 0 spiro atoms. The topological polar surface area (TPSA) is 65.1 Å². The molecule has 0 aliphatic rings. The minimum absolute atomic E-state index is 0.469. The molecule has 3 N–H and O–H groups in total. The number of nitrogens with one attached hydrogen (secondary N) is 2. The molecule has 100 valence electrons. The molecule has 0 bridgehead atoms. The minimum Gasteiger partial charge on any atom is -0.480 e. The summed E-state index contributed by atoms with van der Waals surface area (Å²) in [7, 11) is 0. The molecule has 19 heavy (non-hydrogen) atoms. The average Bonchev–Trinajstić information content (AvgIpc) is 2.81. The van der Waals surface area contributed by atoms with Gasteiger partial charge in [0.15, 0.2) is 0 Å². The maximum absolute atomic E-state index is 11.3. The van der Waals surface area contributed by atoms with Crippen LogP contribution < -0.4 is 5.32 Å². The number of hydrogen-bond donors (Lipinski definition) is 3. The second kappa shape index (κ2) is 6.20. The van der Waals surface area contributed by atoms with E-state index in [4.69, 9.17) is 0 Å². The van der Waals surface area contributed by atoms with E-state index in [0.717, 1.165) is 16.5 Å². The summed E-state index contributed by atoms with van der Waals surface area (Å²) in [5.74, 6) is -0.824. The quantitative estimate of drug-likeness (QED) is 0.697. The van der Waals surface area contributed by atoms with Gasteiger partial charge in [-0.05, 0) is 18.6 Å². The smallest absolute Gasteiger partial charge is 0.321 e. The van der Waals surface area contributed by atoms with Gasteiger partial charge in [0, 0.05) is 30.1 Å². The van der Waals surface area contributed by atoms with Gasteiger partial charge in [-0.15, -0.1) is 0 Å². The molecule has 1 heterocycles. The molecule has 1 aromatic carbocycles. The molecule has 1 atom stereocenters. The summed E-state index contributed by atoms with van der Waals surface area (Å²) < 4.78 is 0. The van der Waals surface area contributed by atoms with Gasteiger partial charge >= 0.3 is 5.97 Å². The number of H-pyrrole nitrogens is 1. The van der Waals surface area contributed by atoms with Gasteiger partial charge < -0.3 is 15.4 Å². The van der Waals surface area contributed by atoms with E-state index < -0.39 is 12.0 Å². The molecule has 0 aliphatic heterocycles. The number of benzene rings is 1. The van der Waals surface area contributed by atoms with Gasteiger partial charge in [0.2, 0.25) is 0 Å². The largest absolute Gasteiger partial charge is 0.480 e. The first-order valence-corrected chi connectivity index (χ1v) is 6.34. The third-order valence-corrected chi connectivity index (χ3v) is 3.11. The van der Waals surface area contributed by atoms with Crippen LogP contribution >= 0.6 is 0 Å². The predicted molar refractivity (Wildman–Crippen MR) is 76.2 cm³/mol. The normalized spacial score (nSPS) is 13.1. The van der Waals surface area contributed by atoms with Crippen LogP contribution in [0.15, 0.2) is 42.6 Å². The third kappa shape index (κ3) is 3.23. The van der Waals surface area contributed by atoms with Crippen molar-refractivity contribution in [2.75, 3.05) is 6.54 Å². The van der Waals surface area contributed by atoms with Crippen LogP contribution in [0, 0.1) is 0 Å². The van der Waals surface area contributed by atoms with E-state index in [1.807, 2.05) is 49.5 Å². The lowest BCUT2D eigenvalue weighted by Gasteiger charge is -2.12. The van der Waals surface area contributed by atoms with E-state index in [2.05, 4.69) is 10.3 Å². The highest BCUT2D eigenvalue weighted by Gasteiger charge is 2.18. The number of rotatable bonds is 6. The zero-order chi connectivity index (χ0) is 13.7. The highest BCUT2D eigenvalue weighted by atomic mass is 16.4. The van der Waals surface area contributed by atoms with Crippen molar-refractivity contribution in [2.24, 2.45) is 0 Å². The monoisotopic (exact) mass is 258 g/mol. The Balaban J connectivity index is 2.14. The van der Waals surface area contributed by atoms with Gasteiger partial charge in [-0.3, -0.25) is 4.79 Å². The van der Waals surface area contributed by atoms with E-state index in [9.17, 15) is 9.90 Å². The molecule has 0 amide bonds. The number of carboxylic acids is 1. The molecule has 0 unspecified atom stereocenters. The van der Waals surface area contributed by atoms with Crippen molar-refractivity contribution in [3.05, 3.63) is 48.2 Å². The van der Waals surface area contributed by atoms with E-state index in [1.165, 1.54) is 0 Å². The maximum Gasteiger partial charge on any atom is 0.321 e. The number of aromatic amines is 1. The molecule has 0 saturated heterocycles. The molecule has 0 aliphatic carbocycles. The Labute approximate surface area is 112 Å². The summed E-state index contributed by atoms with van der Waals surface area (Å²) in [6, 6.07) is 7.34. The lowest BCUT2D eigenvalue weighted by atomic mass is 10.1. The zero-order valence-electron chi connectivity index (χ0n) is 10.9. The van der Waals surface area contributed by atoms with Crippen LogP contribution in [0.5, 0.6) is 0 Å². The maximum atomic E-state index is 11.3. The Morgan fingerprint density at radius 1 is 1.47 bits per heavy atom. The summed E-state index contributed by atoms with van der Waals surface area (Å²) in [6.07, 6.45) is 6.16. The van der Waals surface area contributed by atoms with Gasteiger partial charge in [-0.1, -0.05) is 30.4 Å². The number of allylic oxidation sites excluding steroid dienone is 1. The van der Waals surface area contributed by atoms with Crippen molar-refractivity contribution in [2.45, 2.75) is 19.4 Å². The Morgan fingerprint density at radius 3 is 3.00 bits per heavy atom. The van der Waals surface area contributed by atoms with Gasteiger partial charge in [0.05, 0.1) is 0 Å². The van der Waals surface area contributed by atoms with Crippen molar-refractivity contribution in [3.63, 3.8) is 0 Å². The lowest BCUT2D eigenvalue weighted by Crippen LogP contribution is -2.38. The van der Waals surface area contributed by atoms with E-state index in [-0.39, 0.29) is 0 Å². The average molecular weight is 258 g/mol. The van der Waals surface area contributed by atoms with Crippen molar-refractivity contribution < 1.29 is 9.90 Å². The molecule has 4 nitrogen and oxygen atoms in total. The minimum atomic E-state index is -0.824. The van der Waals surface area contributed by atoms with Crippen molar-refractivity contribution in [1.82, 2.24) is 10.3 Å². The number of fused-ring (bicyclic) bond motifs is 1. The molecule has 2 aromatic rings. The standard InChI is InChI=1S/C15H18N2O2/c1-2-3-8-16-14(15(18)19)9-11-10-17-13-7-5-4-6-12(11)13/h2-7,10,14,16-17H,8-9H2,1H3,(H,18,19)/b3-2+/t14-/m0/s1. The van der Waals surface area contributed by atoms with E-state index in [1.54, 1.807) is 0 Å². The fourth-order valence-corrected chi connectivity index (χ4v) is 2.10. The highest BCUT2D eigenvalue weighted by molar-refractivity contribution is 5.84. The SMILES string of the molecule is C/C=C/CN[C@@H](Cc1c[nH]c2ccccc12)C(=O)O. The third-order valence-electron chi connectivity index (χ3n) is 3.11. The number of carboxylic acid groups (broad SMARTS) is 1. The molecule has 0 radical (unpaired) electrons. The number of hydrogen-bond acceptors (Lipinski definition) is 2. The molecule has 4 heteroatoms. The predicted octanol–water partition coefficient (Wildman–Crippen LogP) is 2.33. The van der Waals surface area contributed by atoms with Crippen LogP contribution in [0.3, 0.4) is 0 Å². The van der Waals surface area contributed by atoms with Crippen LogP contribution in [0.25, 0.3) is 10.9 Å². The van der Waals surface area contributed by atoms with Gasteiger partial charge in [0.1, 0.15) is 6.04 Å². The second-order valence-electron chi connectivity index (χ2n) is 4.43. The Bertz CT molecular complexity index is 587. The zero-order valence-corrected chi connectivity index (χ0v) is 10.9. The first-order valence-electron chi connectivity index (χ1n) is 6.34. The number of aromatic nitrogens is 1. The molecule has 1 aromatic heterocycles. The molecule has 2 rings (SSSR count). The lowest BCUT2D eigenvalue weighted by molar-refractivity contribution is -0.139. The van der Waals surface area contributed by atoms with E-state index >= 15 is 0 Å². The van der Waals surface area contributed by atoms with Crippen molar-refractivity contribution in [1.29, 1.82) is 0 Å². The summed E-state index contributed by atoms with van der Waals surface area (Å²) in [4.78, 5) is 14.4. The van der Waals surface area contributed by atoms with E-state index in [0.29, 0.717) is 13.0 Å². The Kier molecular flexibility index (Phi) is 4.36. The van der Waals surface area contributed by atoms with Gasteiger partial charge in [-0.2, -0.15) is 0 Å².